The predicted molar refractivity (Wildman–Crippen MR) is 151 cm³/mol. The average Bonchev–Trinajstić information content (AvgIpc) is 2.93. The van der Waals surface area contributed by atoms with Crippen molar-refractivity contribution in [3.63, 3.8) is 0 Å². The van der Waals surface area contributed by atoms with Crippen LogP contribution in [0.4, 0.5) is 5.82 Å². The van der Waals surface area contributed by atoms with E-state index in [0.29, 0.717) is 6.04 Å². The summed E-state index contributed by atoms with van der Waals surface area (Å²) in [5.74, 6) is 2.08. The maximum Gasteiger partial charge on any atom is 0.162 e. The minimum absolute atomic E-state index is 0.454. The van der Waals surface area contributed by atoms with Crippen LogP contribution in [-0.2, 0) is 25.8 Å². The van der Waals surface area contributed by atoms with E-state index in [0.717, 1.165) is 44.0 Å². The van der Waals surface area contributed by atoms with E-state index in [1.165, 1.54) is 77.7 Å². The number of piperidine rings is 1. The Morgan fingerprint density at radius 1 is 0.889 bits per heavy atom. The lowest BCUT2D eigenvalue weighted by Crippen LogP contribution is -2.33. The Labute approximate surface area is 217 Å². The molecule has 1 fully saturated rings. The minimum atomic E-state index is 0.454. The molecule has 3 aromatic rings. The number of hydrogen-bond acceptors (Lipinski definition) is 4. The summed E-state index contributed by atoms with van der Waals surface area (Å²) >= 11 is 0. The fraction of sp³-hybridized carbons (Fsp3) is 0.500. The van der Waals surface area contributed by atoms with Crippen molar-refractivity contribution in [1.82, 2.24) is 14.9 Å². The lowest BCUT2D eigenvalue weighted by Gasteiger charge is -2.35. The maximum atomic E-state index is 5.38. The van der Waals surface area contributed by atoms with Crippen LogP contribution >= 0.6 is 0 Å². The van der Waals surface area contributed by atoms with E-state index >= 15 is 0 Å². The summed E-state index contributed by atoms with van der Waals surface area (Å²) in [6, 6.07) is 16.2. The molecule has 190 valence electrons. The topological polar surface area (TPSA) is 32.3 Å². The Morgan fingerprint density at radius 2 is 1.61 bits per heavy atom. The average molecular weight is 483 g/mol. The van der Waals surface area contributed by atoms with Crippen LogP contribution in [0, 0.1) is 6.92 Å². The van der Waals surface area contributed by atoms with Gasteiger partial charge in [-0.15, -0.1) is 0 Å². The standard InChI is InChI=1S/C32H42N4/c1-5-24-15-12-16-25(6-2)30(24)31-33-23(3)28(32(34-31)36-20-10-7-11-21-36)22-35(4)29-19-13-17-26-14-8-9-18-27(26)29/h8-9,12,14-16,18,29H,5-7,10-11,13,17,19-22H2,1-4H3. The van der Waals surface area contributed by atoms with Crippen molar-refractivity contribution in [2.45, 2.75) is 84.7 Å². The second kappa shape index (κ2) is 11.1. The van der Waals surface area contributed by atoms with E-state index in [1.807, 2.05) is 0 Å². The van der Waals surface area contributed by atoms with Crippen molar-refractivity contribution in [3.05, 3.63) is 76.0 Å². The van der Waals surface area contributed by atoms with Crippen LogP contribution in [0.3, 0.4) is 0 Å². The second-order valence-corrected chi connectivity index (χ2v) is 10.7. The Kier molecular flexibility index (Phi) is 7.71. The van der Waals surface area contributed by atoms with Gasteiger partial charge in [-0.2, -0.15) is 0 Å². The predicted octanol–water partition coefficient (Wildman–Crippen LogP) is 7.08. The number of nitrogens with zero attached hydrogens (tertiary/aromatic N) is 4. The monoisotopic (exact) mass is 482 g/mol. The molecule has 1 saturated heterocycles. The highest BCUT2D eigenvalue weighted by molar-refractivity contribution is 5.68. The molecule has 2 aromatic carbocycles. The van der Waals surface area contributed by atoms with E-state index in [9.17, 15) is 0 Å². The summed E-state index contributed by atoms with van der Waals surface area (Å²) in [7, 11) is 2.29. The van der Waals surface area contributed by atoms with Crippen LogP contribution in [0.1, 0.15) is 85.5 Å². The molecule has 0 spiro atoms. The van der Waals surface area contributed by atoms with Crippen LogP contribution in [-0.4, -0.2) is 35.0 Å². The highest BCUT2D eigenvalue weighted by Gasteiger charge is 2.27. The first-order valence-corrected chi connectivity index (χ1v) is 14.1. The molecule has 2 aliphatic rings. The summed E-state index contributed by atoms with van der Waals surface area (Å²) in [5, 5.41) is 0. The third kappa shape index (κ3) is 4.93. The zero-order chi connectivity index (χ0) is 25.1. The van der Waals surface area contributed by atoms with Crippen LogP contribution in [0.25, 0.3) is 11.4 Å². The molecule has 0 bridgehead atoms. The van der Waals surface area contributed by atoms with Gasteiger partial charge in [0.15, 0.2) is 5.82 Å². The number of anilines is 1. The van der Waals surface area contributed by atoms with Crippen molar-refractivity contribution in [1.29, 1.82) is 0 Å². The molecule has 0 N–H and O–H groups in total. The van der Waals surface area contributed by atoms with Crippen molar-refractivity contribution < 1.29 is 0 Å². The zero-order valence-corrected chi connectivity index (χ0v) is 22.7. The Morgan fingerprint density at radius 3 is 2.33 bits per heavy atom. The van der Waals surface area contributed by atoms with Crippen molar-refractivity contribution in [2.24, 2.45) is 0 Å². The van der Waals surface area contributed by atoms with Crippen LogP contribution < -0.4 is 4.90 Å². The van der Waals surface area contributed by atoms with E-state index in [2.05, 4.69) is 80.1 Å². The Balaban J connectivity index is 1.56. The number of benzene rings is 2. The highest BCUT2D eigenvalue weighted by Crippen LogP contribution is 2.37. The third-order valence-electron chi connectivity index (χ3n) is 8.35. The van der Waals surface area contributed by atoms with Gasteiger partial charge in [0.25, 0.3) is 0 Å². The molecule has 4 nitrogen and oxygen atoms in total. The van der Waals surface area contributed by atoms with Crippen molar-refractivity contribution in [2.75, 3.05) is 25.0 Å². The fourth-order valence-electron chi connectivity index (χ4n) is 6.32. The molecule has 0 radical (unpaired) electrons. The van der Waals surface area contributed by atoms with Crippen LogP contribution in [0.15, 0.2) is 42.5 Å². The number of aryl methyl sites for hydroxylation is 4. The molecule has 1 atom stereocenters. The molecule has 0 saturated carbocycles. The van der Waals surface area contributed by atoms with E-state index in [1.54, 1.807) is 0 Å². The van der Waals surface area contributed by atoms with Gasteiger partial charge in [-0.1, -0.05) is 56.3 Å². The normalized spacial score (nSPS) is 17.9. The minimum Gasteiger partial charge on any atom is -0.356 e. The van der Waals surface area contributed by atoms with Gasteiger partial charge >= 0.3 is 0 Å². The van der Waals surface area contributed by atoms with E-state index in [-0.39, 0.29) is 0 Å². The molecule has 1 aromatic heterocycles. The van der Waals surface area contributed by atoms with Gasteiger partial charge in [-0.25, -0.2) is 9.97 Å². The number of rotatable bonds is 7. The number of hydrogen-bond donors (Lipinski definition) is 0. The van der Waals surface area contributed by atoms with Gasteiger partial charge < -0.3 is 4.90 Å². The SMILES string of the molecule is CCc1cccc(CC)c1-c1nc(C)c(CN(C)C2CCCc3ccccc32)c(N2CCCCC2)n1. The van der Waals surface area contributed by atoms with Gasteiger partial charge in [0, 0.05) is 42.5 Å². The second-order valence-electron chi connectivity index (χ2n) is 10.7. The van der Waals surface area contributed by atoms with E-state index in [4.69, 9.17) is 9.97 Å². The van der Waals surface area contributed by atoms with Crippen molar-refractivity contribution >= 4 is 5.82 Å². The molecule has 0 amide bonds. The summed E-state index contributed by atoms with van der Waals surface area (Å²) in [5.41, 5.74) is 9.41. The zero-order valence-electron chi connectivity index (χ0n) is 22.7. The lowest BCUT2D eigenvalue weighted by molar-refractivity contribution is 0.212. The fourth-order valence-corrected chi connectivity index (χ4v) is 6.32. The summed E-state index contributed by atoms with van der Waals surface area (Å²) in [6.07, 6.45) is 9.48. The largest absolute Gasteiger partial charge is 0.356 e. The van der Waals surface area contributed by atoms with Crippen LogP contribution in [0.2, 0.25) is 0 Å². The molecule has 4 heteroatoms. The summed E-state index contributed by atoms with van der Waals surface area (Å²) in [6.45, 7) is 9.75. The molecule has 1 unspecified atom stereocenters. The van der Waals surface area contributed by atoms with Gasteiger partial charge in [0.1, 0.15) is 5.82 Å². The Bertz CT molecular complexity index is 1170. The molecule has 36 heavy (non-hydrogen) atoms. The highest BCUT2D eigenvalue weighted by atomic mass is 15.2. The van der Waals surface area contributed by atoms with Gasteiger partial charge in [-0.05, 0) is 87.6 Å². The molecule has 5 rings (SSSR count). The first kappa shape index (κ1) is 25.0. The smallest absolute Gasteiger partial charge is 0.162 e. The van der Waals surface area contributed by atoms with Gasteiger partial charge in [0.2, 0.25) is 0 Å². The first-order chi connectivity index (χ1) is 17.6. The molecule has 1 aliphatic carbocycles. The Hall–Kier alpha value is -2.72. The first-order valence-electron chi connectivity index (χ1n) is 14.1. The quantitative estimate of drug-likeness (QED) is 0.360. The van der Waals surface area contributed by atoms with E-state index < -0.39 is 0 Å². The summed E-state index contributed by atoms with van der Waals surface area (Å²) < 4.78 is 0. The number of aromatic nitrogens is 2. The molecular formula is C32H42N4. The van der Waals surface area contributed by atoms with Crippen LogP contribution in [0.5, 0.6) is 0 Å². The summed E-state index contributed by atoms with van der Waals surface area (Å²) in [4.78, 5) is 15.7. The lowest BCUT2D eigenvalue weighted by atomic mass is 9.87. The number of fused-ring (bicyclic) bond motifs is 1. The third-order valence-corrected chi connectivity index (χ3v) is 8.35. The van der Waals surface area contributed by atoms with Crippen molar-refractivity contribution in [3.8, 4) is 11.4 Å². The molecule has 2 heterocycles. The molecule has 1 aliphatic heterocycles. The molecular weight excluding hydrogens is 440 g/mol. The maximum absolute atomic E-state index is 5.38. The van der Waals surface area contributed by atoms with Gasteiger partial charge in [0.05, 0.1) is 0 Å². The van der Waals surface area contributed by atoms with Gasteiger partial charge in [-0.3, -0.25) is 4.90 Å².